The maximum Gasteiger partial charge on any atom is 0.313 e. The van der Waals surface area contributed by atoms with Gasteiger partial charge in [-0.3, -0.25) is 4.79 Å². The fraction of sp³-hybridized carbons (Fsp3) is 0.500. The third-order valence-corrected chi connectivity index (χ3v) is 6.97. The average molecular weight is 509 g/mol. The molecule has 6 nitrogen and oxygen atoms in total. The zero-order valence-corrected chi connectivity index (χ0v) is 23.0. The summed E-state index contributed by atoms with van der Waals surface area (Å²) < 4.78 is 20.6. The second-order valence-corrected chi connectivity index (χ2v) is 11.8. The Morgan fingerprint density at radius 3 is 2.54 bits per heavy atom. The molecular weight excluding hydrogens is 467 g/mol. The number of hydrogen-bond acceptors (Lipinski definition) is 4. The van der Waals surface area contributed by atoms with Gasteiger partial charge >= 0.3 is 5.97 Å². The molecule has 37 heavy (non-hydrogen) atoms. The molecule has 3 N–H and O–H groups in total. The number of carbonyl (C=O) groups excluding carboxylic acids is 1. The van der Waals surface area contributed by atoms with Gasteiger partial charge in [0.25, 0.3) is 0 Å². The summed E-state index contributed by atoms with van der Waals surface area (Å²) in [4.78, 5) is 19.9. The summed E-state index contributed by atoms with van der Waals surface area (Å²) in [5, 5.41) is 3.56. The van der Waals surface area contributed by atoms with Gasteiger partial charge in [-0.05, 0) is 76.0 Å². The van der Waals surface area contributed by atoms with Gasteiger partial charge in [-0.15, -0.1) is 0 Å². The number of nitrogens with one attached hydrogen (secondary N) is 1. The standard InChI is InChI=1S/C30H41FN4O2/c1-20-16-21(27(32)35-18-33-19-37-28(36)29(2,3)4)10-11-24(20)25-9-7-8-22(26(25)31)17-34-23-12-14-30(5,6)15-13-23/h7-11,16,18,23,34H,12-15,17,19H2,1-6H3,(H2,32,33,35). The molecule has 0 atom stereocenters. The normalized spacial score (nSPS) is 16.8. The lowest BCUT2D eigenvalue weighted by molar-refractivity contribution is -0.152. The van der Waals surface area contributed by atoms with Gasteiger partial charge in [0, 0.05) is 29.3 Å². The molecule has 7 heteroatoms. The van der Waals surface area contributed by atoms with Gasteiger partial charge in [-0.2, -0.15) is 0 Å². The zero-order chi connectivity index (χ0) is 27.2. The van der Waals surface area contributed by atoms with Crippen molar-refractivity contribution in [1.82, 2.24) is 5.32 Å². The molecule has 1 fully saturated rings. The van der Waals surface area contributed by atoms with Gasteiger partial charge in [0.1, 0.15) is 18.0 Å². The van der Waals surface area contributed by atoms with E-state index >= 15 is 4.39 Å². The van der Waals surface area contributed by atoms with Crippen LogP contribution in [0.25, 0.3) is 11.1 Å². The van der Waals surface area contributed by atoms with Crippen molar-refractivity contribution in [2.75, 3.05) is 6.73 Å². The second-order valence-electron chi connectivity index (χ2n) is 11.8. The van der Waals surface area contributed by atoms with Crippen molar-refractivity contribution in [3.05, 3.63) is 58.9 Å². The summed E-state index contributed by atoms with van der Waals surface area (Å²) in [7, 11) is 0. The molecule has 0 bridgehead atoms. The Hall–Kier alpha value is -3.06. The lowest BCUT2D eigenvalue weighted by Crippen LogP contribution is -2.35. The molecule has 0 heterocycles. The van der Waals surface area contributed by atoms with Crippen LogP contribution in [0.2, 0.25) is 0 Å². The third-order valence-electron chi connectivity index (χ3n) is 6.97. The van der Waals surface area contributed by atoms with Gasteiger partial charge in [-0.1, -0.05) is 44.2 Å². The van der Waals surface area contributed by atoms with Crippen LogP contribution in [0.15, 0.2) is 46.4 Å². The van der Waals surface area contributed by atoms with Crippen molar-refractivity contribution in [1.29, 1.82) is 0 Å². The molecule has 0 amide bonds. The molecule has 0 radical (unpaired) electrons. The third kappa shape index (κ3) is 7.96. The van der Waals surface area contributed by atoms with E-state index in [0.29, 0.717) is 34.7 Å². The van der Waals surface area contributed by atoms with E-state index in [1.807, 2.05) is 43.3 Å². The Morgan fingerprint density at radius 1 is 1.19 bits per heavy atom. The van der Waals surface area contributed by atoms with Crippen molar-refractivity contribution >= 4 is 18.1 Å². The molecule has 0 unspecified atom stereocenters. The first kappa shape index (κ1) is 28.5. The van der Waals surface area contributed by atoms with Gasteiger partial charge < -0.3 is 15.8 Å². The van der Waals surface area contributed by atoms with Gasteiger partial charge in [0.2, 0.25) is 0 Å². The summed E-state index contributed by atoms with van der Waals surface area (Å²) in [6.07, 6.45) is 5.93. The van der Waals surface area contributed by atoms with Crippen LogP contribution >= 0.6 is 0 Å². The SMILES string of the molecule is Cc1cc(C(N)=N/C=N/COC(=O)C(C)(C)C)ccc1-c1cccc(CNC2CCC(C)(C)CC2)c1F. The number of nitrogens with two attached hydrogens (primary N) is 1. The number of halogens is 1. The summed E-state index contributed by atoms with van der Waals surface area (Å²) in [5.74, 6) is -0.256. The first-order valence-corrected chi connectivity index (χ1v) is 13.0. The van der Waals surface area contributed by atoms with Crippen molar-refractivity contribution in [3.63, 3.8) is 0 Å². The Morgan fingerprint density at radius 2 is 1.89 bits per heavy atom. The fourth-order valence-corrected chi connectivity index (χ4v) is 4.43. The van der Waals surface area contributed by atoms with Crippen molar-refractivity contribution < 1.29 is 13.9 Å². The number of carbonyl (C=O) groups is 1. The lowest BCUT2D eigenvalue weighted by Gasteiger charge is -2.34. The first-order valence-electron chi connectivity index (χ1n) is 13.0. The summed E-state index contributed by atoms with van der Waals surface area (Å²) in [5.41, 5.74) is 9.61. The molecule has 3 rings (SSSR count). The molecule has 0 saturated heterocycles. The van der Waals surface area contributed by atoms with E-state index < -0.39 is 5.41 Å². The number of aliphatic imine (C=N–C) groups is 2. The predicted molar refractivity (Wildman–Crippen MR) is 149 cm³/mol. The van der Waals surface area contributed by atoms with Crippen LogP contribution in [0.1, 0.15) is 77.0 Å². The molecule has 1 saturated carbocycles. The lowest BCUT2D eigenvalue weighted by atomic mass is 9.75. The number of benzene rings is 2. The van der Waals surface area contributed by atoms with E-state index in [-0.39, 0.29) is 24.4 Å². The topological polar surface area (TPSA) is 89.1 Å². The van der Waals surface area contributed by atoms with Gasteiger partial charge in [-0.25, -0.2) is 14.4 Å². The van der Waals surface area contributed by atoms with Crippen LogP contribution in [-0.4, -0.2) is 30.9 Å². The van der Waals surface area contributed by atoms with Crippen LogP contribution in [0.4, 0.5) is 4.39 Å². The highest BCUT2D eigenvalue weighted by atomic mass is 19.1. The number of amidine groups is 1. The molecule has 200 valence electrons. The minimum absolute atomic E-state index is 0.117. The largest absolute Gasteiger partial charge is 0.442 e. The van der Waals surface area contributed by atoms with E-state index in [4.69, 9.17) is 10.5 Å². The van der Waals surface area contributed by atoms with Gasteiger partial charge in [0.15, 0.2) is 6.73 Å². The maximum absolute atomic E-state index is 15.5. The Kier molecular flexibility index (Phi) is 9.24. The smallest absolute Gasteiger partial charge is 0.313 e. The number of rotatable bonds is 8. The highest BCUT2D eigenvalue weighted by Gasteiger charge is 2.26. The quantitative estimate of drug-likeness (QED) is 0.255. The van der Waals surface area contributed by atoms with Crippen LogP contribution in [0, 0.1) is 23.6 Å². The predicted octanol–water partition coefficient (Wildman–Crippen LogP) is 6.14. The summed E-state index contributed by atoms with van der Waals surface area (Å²) in [6, 6.07) is 11.6. The van der Waals surface area contributed by atoms with E-state index in [1.54, 1.807) is 20.8 Å². The Balaban J connectivity index is 1.65. The number of esters is 1. The molecule has 0 aliphatic heterocycles. The minimum atomic E-state index is -0.584. The summed E-state index contributed by atoms with van der Waals surface area (Å²) >= 11 is 0. The number of hydrogen-bond donors (Lipinski definition) is 2. The molecule has 1 aliphatic rings. The Bertz CT molecular complexity index is 1150. The second kappa shape index (κ2) is 12.0. The first-order chi connectivity index (χ1) is 17.4. The van der Waals surface area contributed by atoms with Crippen LogP contribution in [0.3, 0.4) is 0 Å². The number of nitrogens with zero attached hydrogens (tertiary/aromatic N) is 2. The highest BCUT2D eigenvalue weighted by molar-refractivity contribution is 6.01. The molecular formula is C30H41FN4O2. The molecule has 2 aromatic rings. The van der Waals surface area contributed by atoms with E-state index in [0.717, 1.165) is 24.0 Å². The summed E-state index contributed by atoms with van der Waals surface area (Å²) in [6.45, 7) is 12.3. The van der Waals surface area contributed by atoms with Crippen LogP contribution in [-0.2, 0) is 16.1 Å². The maximum atomic E-state index is 15.5. The van der Waals surface area contributed by atoms with E-state index in [2.05, 4.69) is 29.1 Å². The molecule has 2 aromatic carbocycles. The minimum Gasteiger partial charge on any atom is -0.442 e. The van der Waals surface area contributed by atoms with Crippen LogP contribution < -0.4 is 11.1 Å². The Labute approximate surface area is 220 Å². The van der Waals surface area contributed by atoms with E-state index in [1.165, 1.54) is 19.2 Å². The average Bonchev–Trinajstić information content (AvgIpc) is 2.83. The molecule has 1 aliphatic carbocycles. The fourth-order valence-electron chi connectivity index (χ4n) is 4.43. The number of ether oxygens (including phenoxy) is 1. The van der Waals surface area contributed by atoms with Crippen molar-refractivity contribution in [2.45, 2.75) is 79.8 Å². The van der Waals surface area contributed by atoms with Crippen molar-refractivity contribution in [2.24, 2.45) is 26.5 Å². The van der Waals surface area contributed by atoms with E-state index in [9.17, 15) is 4.79 Å². The highest BCUT2D eigenvalue weighted by Crippen LogP contribution is 2.35. The molecule has 0 aromatic heterocycles. The molecule has 0 spiro atoms. The monoisotopic (exact) mass is 508 g/mol. The van der Waals surface area contributed by atoms with Crippen LogP contribution in [0.5, 0.6) is 0 Å². The van der Waals surface area contributed by atoms with Gasteiger partial charge in [0.05, 0.1) is 5.41 Å². The van der Waals surface area contributed by atoms with Crippen molar-refractivity contribution in [3.8, 4) is 11.1 Å². The number of aryl methyl sites for hydroxylation is 1. The zero-order valence-electron chi connectivity index (χ0n) is 23.0.